The maximum atomic E-state index is 12.0. The minimum atomic E-state index is -0.330. The van der Waals surface area contributed by atoms with Crippen LogP contribution < -0.4 is 10.1 Å². The van der Waals surface area contributed by atoms with Crippen LogP contribution in [0.3, 0.4) is 0 Å². The van der Waals surface area contributed by atoms with Gasteiger partial charge in [-0.1, -0.05) is 6.07 Å². The van der Waals surface area contributed by atoms with Gasteiger partial charge in [-0.15, -0.1) is 0 Å². The molecule has 3 rings (SSSR count). The third-order valence-corrected chi connectivity index (χ3v) is 4.31. The van der Waals surface area contributed by atoms with E-state index in [0.29, 0.717) is 16.4 Å². The SMILES string of the molecule is COc1cccc(/C=N\N2C(=S)N[C@@H]3[C@@H]2N(C)C(=O)N3C)c1O. The number of phenolic OH excluding ortho intramolecular Hbond substituents is 1. The van der Waals surface area contributed by atoms with Crippen LogP contribution in [0.15, 0.2) is 23.3 Å². The first-order valence-corrected chi connectivity index (χ1v) is 7.36. The minimum Gasteiger partial charge on any atom is -0.504 e. The van der Waals surface area contributed by atoms with Crippen LogP contribution in [0.5, 0.6) is 11.5 Å². The lowest BCUT2D eigenvalue weighted by Gasteiger charge is -2.23. The molecule has 23 heavy (non-hydrogen) atoms. The van der Waals surface area contributed by atoms with Gasteiger partial charge in [0, 0.05) is 19.7 Å². The van der Waals surface area contributed by atoms with E-state index in [-0.39, 0.29) is 24.1 Å². The summed E-state index contributed by atoms with van der Waals surface area (Å²) in [5, 5.41) is 19.5. The second kappa shape index (κ2) is 5.58. The average molecular weight is 335 g/mol. The van der Waals surface area contributed by atoms with Crippen LogP contribution >= 0.6 is 12.2 Å². The van der Waals surface area contributed by atoms with Crippen molar-refractivity contribution in [2.24, 2.45) is 5.10 Å². The average Bonchev–Trinajstić information content (AvgIpc) is 2.97. The molecule has 0 bridgehead atoms. The lowest BCUT2D eigenvalue weighted by Crippen LogP contribution is -2.41. The summed E-state index contributed by atoms with van der Waals surface area (Å²) in [6.45, 7) is 0. The van der Waals surface area contributed by atoms with E-state index in [0.717, 1.165) is 0 Å². The summed E-state index contributed by atoms with van der Waals surface area (Å²) >= 11 is 5.29. The Morgan fingerprint density at radius 3 is 2.83 bits per heavy atom. The predicted octanol–water partition coefficient (Wildman–Crippen LogP) is 0.574. The van der Waals surface area contributed by atoms with E-state index in [1.807, 2.05) is 0 Å². The van der Waals surface area contributed by atoms with Gasteiger partial charge in [-0.25, -0.2) is 9.80 Å². The fourth-order valence-corrected chi connectivity index (χ4v) is 3.00. The first kappa shape index (κ1) is 15.3. The minimum absolute atomic E-state index is 0.00125. The zero-order valence-corrected chi connectivity index (χ0v) is 13.7. The van der Waals surface area contributed by atoms with Gasteiger partial charge >= 0.3 is 6.03 Å². The number of hydrazone groups is 1. The van der Waals surface area contributed by atoms with Gasteiger partial charge in [0.25, 0.3) is 0 Å². The lowest BCUT2D eigenvalue weighted by molar-refractivity contribution is 0.174. The number of fused-ring (bicyclic) bond motifs is 1. The second-order valence-corrected chi connectivity index (χ2v) is 5.69. The summed E-state index contributed by atoms with van der Waals surface area (Å²) in [5.41, 5.74) is 0.496. The number of hydrogen-bond acceptors (Lipinski definition) is 5. The molecular formula is C14H17N5O3S. The molecule has 2 atom stereocenters. The Morgan fingerprint density at radius 2 is 2.13 bits per heavy atom. The van der Waals surface area contributed by atoms with Crippen molar-refractivity contribution in [3.63, 3.8) is 0 Å². The fraction of sp³-hybridized carbons (Fsp3) is 0.357. The summed E-state index contributed by atoms with van der Waals surface area (Å²) < 4.78 is 5.07. The van der Waals surface area contributed by atoms with Crippen molar-refractivity contribution in [3.8, 4) is 11.5 Å². The Morgan fingerprint density at radius 1 is 1.39 bits per heavy atom. The van der Waals surface area contributed by atoms with Crippen molar-refractivity contribution in [2.75, 3.05) is 21.2 Å². The number of para-hydroxylation sites is 1. The molecule has 2 aliphatic heterocycles. The molecule has 2 amide bonds. The van der Waals surface area contributed by atoms with Crippen molar-refractivity contribution in [1.82, 2.24) is 20.1 Å². The number of carbonyl (C=O) groups is 1. The van der Waals surface area contributed by atoms with E-state index in [1.54, 1.807) is 47.1 Å². The number of urea groups is 1. The maximum Gasteiger partial charge on any atom is 0.323 e. The molecule has 1 aromatic carbocycles. The molecule has 0 unspecified atom stereocenters. The van der Waals surface area contributed by atoms with E-state index in [2.05, 4.69) is 10.4 Å². The van der Waals surface area contributed by atoms with Crippen LogP contribution in [0.1, 0.15) is 5.56 Å². The number of phenols is 1. The number of carbonyl (C=O) groups excluding carboxylic acids is 1. The van der Waals surface area contributed by atoms with Crippen molar-refractivity contribution >= 4 is 29.6 Å². The van der Waals surface area contributed by atoms with Crippen molar-refractivity contribution in [2.45, 2.75) is 12.3 Å². The number of nitrogens with zero attached hydrogens (tertiary/aromatic N) is 4. The monoisotopic (exact) mass is 335 g/mol. The number of methoxy groups -OCH3 is 1. The Kier molecular flexibility index (Phi) is 3.72. The molecule has 2 saturated heterocycles. The highest BCUT2D eigenvalue weighted by Gasteiger charge is 2.51. The van der Waals surface area contributed by atoms with Crippen LogP contribution in [0.4, 0.5) is 4.79 Å². The Balaban J connectivity index is 1.88. The lowest BCUT2D eigenvalue weighted by atomic mass is 10.2. The number of likely N-dealkylation sites (N-methyl/N-ethyl adjacent to an activating group) is 2. The number of hydrogen-bond donors (Lipinski definition) is 2. The zero-order valence-electron chi connectivity index (χ0n) is 12.9. The molecule has 0 radical (unpaired) electrons. The zero-order chi connectivity index (χ0) is 16.7. The Hall–Kier alpha value is -2.55. The van der Waals surface area contributed by atoms with E-state index < -0.39 is 0 Å². The number of aromatic hydroxyl groups is 1. The second-order valence-electron chi connectivity index (χ2n) is 5.30. The molecule has 0 spiro atoms. The molecule has 1 aromatic rings. The summed E-state index contributed by atoms with van der Waals surface area (Å²) in [6.07, 6.45) is 0.908. The molecule has 2 heterocycles. The molecule has 0 aliphatic carbocycles. The van der Waals surface area contributed by atoms with Gasteiger partial charge in [-0.3, -0.25) is 0 Å². The molecule has 8 nitrogen and oxygen atoms in total. The molecule has 0 aromatic heterocycles. The Bertz CT molecular complexity index is 695. The van der Waals surface area contributed by atoms with Gasteiger partial charge in [-0.2, -0.15) is 5.10 Å². The summed E-state index contributed by atoms with van der Waals surface area (Å²) in [4.78, 5) is 15.2. The number of thiocarbonyl (C=S) groups is 1. The topological polar surface area (TPSA) is 80.6 Å². The van der Waals surface area contributed by atoms with Gasteiger partial charge in [0.1, 0.15) is 6.17 Å². The number of amides is 2. The molecule has 2 aliphatic rings. The van der Waals surface area contributed by atoms with E-state index in [9.17, 15) is 9.90 Å². The highest BCUT2D eigenvalue weighted by atomic mass is 32.1. The number of ether oxygens (including phenoxy) is 1. The number of benzene rings is 1. The van der Waals surface area contributed by atoms with Crippen molar-refractivity contribution < 1.29 is 14.6 Å². The van der Waals surface area contributed by atoms with Crippen molar-refractivity contribution in [1.29, 1.82) is 0 Å². The normalized spacial score (nSPS) is 23.7. The van der Waals surface area contributed by atoms with Crippen LogP contribution in [-0.2, 0) is 0 Å². The first-order chi connectivity index (χ1) is 11.0. The standard InChI is InChI=1S/C14H17N5O3S/c1-17-11-12(18(2)14(17)21)19(13(23)16-11)15-7-8-5-4-6-9(22-3)10(8)20/h4-7,11-12,20H,1-3H3,(H,16,23)/b15-7-/t11-,12+/m0/s1. The molecule has 122 valence electrons. The summed E-state index contributed by atoms with van der Waals surface area (Å²) in [7, 11) is 4.89. The molecular weight excluding hydrogens is 318 g/mol. The van der Waals surface area contributed by atoms with Gasteiger partial charge in [0.15, 0.2) is 22.8 Å². The van der Waals surface area contributed by atoms with Crippen LogP contribution in [-0.4, -0.2) is 70.8 Å². The number of nitrogens with one attached hydrogen (secondary N) is 1. The van der Waals surface area contributed by atoms with Crippen molar-refractivity contribution in [3.05, 3.63) is 23.8 Å². The predicted molar refractivity (Wildman–Crippen MR) is 88.3 cm³/mol. The van der Waals surface area contributed by atoms with Gasteiger partial charge < -0.3 is 25.0 Å². The fourth-order valence-electron chi connectivity index (χ4n) is 2.73. The third kappa shape index (κ3) is 2.33. The number of rotatable bonds is 3. The van der Waals surface area contributed by atoms with Gasteiger partial charge in [0.2, 0.25) is 0 Å². The molecule has 0 saturated carbocycles. The molecule has 9 heteroatoms. The van der Waals surface area contributed by atoms with Crippen LogP contribution in [0.25, 0.3) is 0 Å². The highest BCUT2D eigenvalue weighted by molar-refractivity contribution is 7.80. The smallest absolute Gasteiger partial charge is 0.323 e. The van der Waals surface area contributed by atoms with Crippen LogP contribution in [0, 0.1) is 0 Å². The highest BCUT2D eigenvalue weighted by Crippen LogP contribution is 2.29. The van der Waals surface area contributed by atoms with Gasteiger partial charge in [-0.05, 0) is 24.4 Å². The molecule has 2 N–H and O–H groups in total. The Labute approximate surface area is 138 Å². The van der Waals surface area contributed by atoms with Crippen LogP contribution in [0.2, 0.25) is 0 Å². The maximum absolute atomic E-state index is 12.0. The van der Waals surface area contributed by atoms with E-state index in [1.165, 1.54) is 13.3 Å². The third-order valence-electron chi connectivity index (χ3n) is 4.00. The van der Waals surface area contributed by atoms with E-state index in [4.69, 9.17) is 17.0 Å². The summed E-state index contributed by atoms with van der Waals surface area (Å²) in [6, 6.07) is 5.01. The molecule has 2 fully saturated rings. The largest absolute Gasteiger partial charge is 0.504 e. The summed E-state index contributed by atoms with van der Waals surface area (Å²) in [5.74, 6) is 0.364. The van der Waals surface area contributed by atoms with Gasteiger partial charge in [0.05, 0.1) is 13.3 Å². The first-order valence-electron chi connectivity index (χ1n) is 6.95. The van der Waals surface area contributed by atoms with E-state index >= 15 is 0 Å². The quantitative estimate of drug-likeness (QED) is 0.621.